The topological polar surface area (TPSA) is 65.2 Å². The second-order valence-electron chi connectivity index (χ2n) is 2.59. The number of hydrogen-bond acceptors (Lipinski definition) is 5. The molecule has 0 unspecified atom stereocenters. The summed E-state index contributed by atoms with van der Waals surface area (Å²) in [5.74, 6) is -0.447. The summed E-state index contributed by atoms with van der Waals surface area (Å²) in [6.45, 7) is 2.07. The summed E-state index contributed by atoms with van der Waals surface area (Å²) in [5.41, 5.74) is 1.21. The Hall–Kier alpha value is -1.91. The largest absolute Gasteiger partial charge is 0.461 e. The SMILES string of the molecule is CCOC(=O)c1ccc2ocnc2n1. The first-order chi connectivity index (χ1) is 6.81. The molecule has 0 fully saturated rings. The molecule has 0 saturated heterocycles. The standard InChI is InChI=1S/C9H8N2O3/c1-2-13-9(12)6-3-4-7-8(11-6)10-5-14-7/h3-5H,2H2,1H3. The molecule has 0 aliphatic heterocycles. The van der Waals surface area contributed by atoms with Crippen molar-refractivity contribution < 1.29 is 13.9 Å². The zero-order valence-electron chi connectivity index (χ0n) is 7.56. The third-order valence-electron chi connectivity index (χ3n) is 1.68. The molecular weight excluding hydrogens is 184 g/mol. The molecule has 0 spiro atoms. The first kappa shape index (κ1) is 8.68. The lowest BCUT2D eigenvalue weighted by atomic mass is 10.3. The lowest BCUT2D eigenvalue weighted by Crippen LogP contribution is -2.06. The van der Waals surface area contributed by atoms with Gasteiger partial charge in [-0.05, 0) is 19.1 Å². The van der Waals surface area contributed by atoms with E-state index in [1.165, 1.54) is 6.39 Å². The molecule has 14 heavy (non-hydrogen) atoms. The summed E-state index contributed by atoms with van der Waals surface area (Å²) in [5, 5.41) is 0. The van der Waals surface area contributed by atoms with E-state index >= 15 is 0 Å². The van der Waals surface area contributed by atoms with Crippen LogP contribution in [0.5, 0.6) is 0 Å². The Morgan fingerprint density at radius 3 is 3.21 bits per heavy atom. The highest BCUT2D eigenvalue weighted by Crippen LogP contribution is 2.10. The molecule has 0 aliphatic carbocycles. The van der Waals surface area contributed by atoms with E-state index in [2.05, 4.69) is 9.97 Å². The third-order valence-corrected chi connectivity index (χ3v) is 1.68. The average Bonchev–Trinajstić information content (AvgIpc) is 2.64. The Kier molecular flexibility index (Phi) is 2.14. The van der Waals surface area contributed by atoms with Crippen LogP contribution in [0.25, 0.3) is 11.2 Å². The number of hydrogen-bond donors (Lipinski definition) is 0. The Morgan fingerprint density at radius 1 is 1.57 bits per heavy atom. The summed E-state index contributed by atoms with van der Waals surface area (Å²) < 4.78 is 9.78. The van der Waals surface area contributed by atoms with Gasteiger partial charge < -0.3 is 9.15 Å². The van der Waals surface area contributed by atoms with Gasteiger partial charge >= 0.3 is 5.97 Å². The highest BCUT2D eigenvalue weighted by Gasteiger charge is 2.10. The summed E-state index contributed by atoms with van der Waals surface area (Å²) >= 11 is 0. The van der Waals surface area contributed by atoms with Crippen molar-refractivity contribution in [1.82, 2.24) is 9.97 Å². The number of aromatic nitrogens is 2. The number of carbonyl (C=O) groups is 1. The molecule has 2 rings (SSSR count). The number of pyridine rings is 1. The molecule has 2 heterocycles. The van der Waals surface area contributed by atoms with Gasteiger partial charge in [-0.25, -0.2) is 9.78 Å². The van der Waals surface area contributed by atoms with E-state index in [0.29, 0.717) is 17.8 Å². The van der Waals surface area contributed by atoms with E-state index in [1.54, 1.807) is 19.1 Å². The van der Waals surface area contributed by atoms with Crippen LogP contribution in [0.3, 0.4) is 0 Å². The molecule has 0 atom stereocenters. The van der Waals surface area contributed by atoms with E-state index in [-0.39, 0.29) is 5.69 Å². The maximum atomic E-state index is 11.3. The predicted octanol–water partition coefficient (Wildman–Crippen LogP) is 1.40. The fourth-order valence-electron chi connectivity index (χ4n) is 1.07. The van der Waals surface area contributed by atoms with E-state index in [0.717, 1.165) is 0 Å². The van der Waals surface area contributed by atoms with Crippen molar-refractivity contribution in [1.29, 1.82) is 0 Å². The smallest absolute Gasteiger partial charge is 0.357 e. The predicted molar refractivity (Wildman–Crippen MR) is 47.8 cm³/mol. The van der Waals surface area contributed by atoms with Crippen LogP contribution >= 0.6 is 0 Å². The molecule has 5 nitrogen and oxygen atoms in total. The lowest BCUT2D eigenvalue weighted by molar-refractivity contribution is 0.0520. The molecule has 2 aromatic heterocycles. The van der Waals surface area contributed by atoms with Gasteiger partial charge in [0.1, 0.15) is 0 Å². The summed E-state index contributed by atoms with van der Waals surface area (Å²) in [7, 11) is 0. The third kappa shape index (κ3) is 1.44. The molecule has 0 aromatic carbocycles. The van der Waals surface area contributed by atoms with Gasteiger partial charge in [0.25, 0.3) is 0 Å². The maximum Gasteiger partial charge on any atom is 0.357 e. The molecule has 0 bridgehead atoms. The van der Waals surface area contributed by atoms with Gasteiger partial charge in [-0.3, -0.25) is 0 Å². The van der Waals surface area contributed by atoms with Crippen LogP contribution in [0.1, 0.15) is 17.4 Å². The summed E-state index contributed by atoms with van der Waals surface area (Å²) in [6.07, 6.45) is 1.28. The van der Waals surface area contributed by atoms with Gasteiger partial charge in [-0.2, -0.15) is 4.98 Å². The molecule has 0 radical (unpaired) electrons. The van der Waals surface area contributed by atoms with Crippen LogP contribution in [0.15, 0.2) is 22.9 Å². The van der Waals surface area contributed by atoms with Crippen molar-refractivity contribution in [2.24, 2.45) is 0 Å². The van der Waals surface area contributed by atoms with Crippen molar-refractivity contribution >= 4 is 17.2 Å². The van der Waals surface area contributed by atoms with Crippen molar-refractivity contribution in [2.45, 2.75) is 6.92 Å². The summed E-state index contributed by atoms with van der Waals surface area (Å²) in [4.78, 5) is 19.1. The van der Waals surface area contributed by atoms with E-state index in [4.69, 9.17) is 9.15 Å². The van der Waals surface area contributed by atoms with Crippen LogP contribution < -0.4 is 0 Å². The minimum atomic E-state index is -0.447. The van der Waals surface area contributed by atoms with Gasteiger partial charge in [0.2, 0.25) is 0 Å². The molecule has 72 valence electrons. The number of rotatable bonds is 2. The number of nitrogens with zero attached hydrogens (tertiary/aromatic N) is 2. The fourth-order valence-corrected chi connectivity index (χ4v) is 1.07. The van der Waals surface area contributed by atoms with Gasteiger partial charge in [0.15, 0.2) is 23.3 Å². The Labute approximate surface area is 79.7 Å². The number of carbonyl (C=O) groups excluding carboxylic acids is 1. The maximum absolute atomic E-state index is 11.3. The molecule has 0 amide bonds. The van der Waals surface area contributed by atoms with Gasteiger partial charge in [0, 0.05) is 0 Å². The molecule has 2 aromatic rings. The van der Waals surface area contributed by atoms with Crippen LogP contribution in [0.4, 0.5) is 0 Å². The van der Waals surface area contributed by atoms with Crippen LogP contribution in [-0.2, 0) is 4.74 Å². The molecule has 5 heteroatoms. The average molecular weight is 192 g/mol. The fraction of sp³-hybridized carbons (Fsp3) is 0.222. The van der Waals surface area contributed by atoms with Crippen molar-refractivity contribution in [3.05, 3.63) is 24.2 Å². The van der Waals surface area contributed by atoms with Crippen LogP contribution in [0.2, 0.25) is 0 Å². The number of fused-ring (bicyclic) bond motifs is 1. The number of esters is 1. The quantitative estimate of drug-likeness (QED) is 0.673. The van der Waals surface area contributed by atoms with Gasteiger partial charge in [0.05, 0.1) is 6.61 Å². The number of ether oxygens (including phenoxy) is 1. The molecular formula is C9H8N2O3. The van der Waals surface area contributed by atoms with Crippen LogP contribution in [-0.4, -0.2) is 22.5 Å². The van der Waals surface area contributed by atoms with Crippen molar-refractivity contribution in [2.75, 3.05) is 6.61 Å². The zero-order chi connectivity index (χ0) is 9.97. The first-order valence-electron chi connectivity index (χ1n) is 4.18. The molecule has 0 N–H and O–H groups in total. The van der Waals surface area contributed by atoms with Crippen molar-refractivity contribution in [3.8, 4) is 0 Å². The Morgan fingerprint density at radius 2 is 2.43 bits per heavy atom. The Bertz CT molecular complexity index is 464. The summed E-state index contributed by atoms with van der Waals surface area (Å²) in [6, 6.07) is 3.19. The Balaban J connectivity index is 2.38. The van der Waals surface area contributed by atoms with Gasteiger partial charge in [-0.15, -0.1) is 0 Å². The zero-order valence-corrected chi connectivity index (χ0v) is 7.56. The minimum absolute atomic E-state index is 0.244. The highest BCUT2D eigenvalue weighted by atomic mass is 16.5. The molecule has 0 saturated carbocycles. The normalized spacial score (nSPS) is 10.4. The number of oxazole rings is 1. The second kappa shape index (κ2) is 3.45. The first-order valence-corrected chi connectivity index (χ1v) is 4.18. The molecule has 0 aliphatic rings. The van der Waals surface area contributed by atoms with Gasteiger partial charge in [-0.1, -0.05) is 0 Å². The monoisotopic (exact) mass is 192 g/mol. The highest BCUT2D eigenvalue weighted by molar-refractivity contribution is 5.89. The van der Waals surface area contributed by atoms with E-state index in [9.17, 15) is 4.79 Å². The second-order valence-corrected chi connectivity index (χ2v) is 2.59. The van der Waals surface area contributed by atoms with Crippen molar-refractivity contribution in [3.63, 3.8) is 0 Å². The van der Waals surface area contributed by atoms with Crippen LogP contribution in [0, 0.1) is 0 Å². The van der Waals surface area contributed by atoms with E-state index in [1.807, 2.05) is 0 Å². The van der Waals surface area contributed by atoms with E-state index < -0.39 is 5.97 Å². The minimum Gasteiger partial charge on any atom is -0.461 e. The lowest BCUT2D eigenvalue weighted by Gasteiger charge is -1.99.